The van der Waals surface area contributed by atoms with Crippen LogP contribution in [0.4, 0.5) is 0 Å². The fraction of sp³-hybridized carbons (Fsp3) is 0.273. The van der Waals surface area contributed by atoms with Gasteiger partial charge >= 0.3 is 0 Å². The molecule has 0 saturated heterocycles. The first-order valence-electron chi connectivity index (χ1n) is 4.84. The molecular weight excluding hydrogens is 190 g/mol. The largest absolute Gasteiger partial charge is 0.352 e. The molecule has 1 rings (SSSR count). The van der Waals surface area contributed by atoms with Crippen molar-refractivity contribution in [3.8, 4) is 0 Å². The van der Waals surface area contributed by atoms with Crippen molar-refractivity contribution < 1.29 is 4.79 Å². The van der Waals surface area contributed by atoms with Gasteiger partial charge in [-0.25, -0.2) is 0 Å². The van der Waals surface area contributed by atoms with Gasteiger partial charge in [-0.05, 0) is 12.1 Å². The van der Waals surface area contributed by atoms with Crippen LogP contribution in [0.3, 0.4) is 0 Å². The van der Waals surface area contributed by atoms with E-state index in [9.17, 15) is 4.79 Å². The lowest BCUT2D eigenvalue weighted by Gasteiger charge is -2.01. The fourth-order valence-electron chi connectivity index (χ4n) is 1.08. The number of amides is 1. The summed E-state index contributed by atoms with van der Waals surface area (Å²) < 4.78 is 0. The molecule has 0 unspecified atom stereocenters. The molecule has 0 aliphatic heterocycles. The van der Waals surface area contributed by atoms with E-state index in [4.69, 9.17) is 5.73 Å². The van der Waals surface area contributed by atoms with Crippen molar-refractivity contribution in [1.29, 1.82) is 0 Å². The maximum atomic E-state index is 11.4. The number of nitrogens with zero attached hydrogens (tertiary/aromatic N) is 1. The van der Waals surface area contributed by atoms with E-state index in [0.29, 0.717) is 19.5 Å². The van der Waals surface area contributed by atoms with Gasteiger partial charge in [0.1, 0.15) is 0 Å². The van der Waals surface area contributed by atoms with Crippen LogP contribution < -0.4 is 11.1 Å². The summed E-state index contributed by atoms with van der Waals surface area (Å²) in [6.45, 7) is 1.01. The van der Waals surface area contributed by atoms with Crippen LogP contribution in [0, 0.1) is 0 Å². The van der Waals surface area contributed by atoms with Gasteiger partial charge in [-0.2, -0.15) is 0 Å². The summed E-state index contributed by atoms with van der Waals surface area (Å²) in [5.41, 5.74) is 6.04. The van der Waals surface area contributed by atoms with Gasteiger partial charge in [0, 0.05) is 25.0 Å². The third kappa shape index (κ3) is 4.93. The Morgan fingerprint density at radius 3 is 3.00 bits per heavy atom. The number of carbonyl (C=O) groups is 1. The van der Waals surface area contributed by atoms with Crippen LogP contribution in [0.5, 0.6) is 0 Å². The van der Waals surface area contributed by atoms with Crippen molar-refractivity contribution in [3.05, 3.63) is 42.2 Å². The molecule has 1 amide bonds. The fourth-order valence-corrected chi connectivity index (χ4v) is 1.08. The normalized spacial score (nSPS) is 10.5. The lowest BCUT2D eigenvalue weighted by Crippen LogP contribution is -2.25. The van der Waals surface area contributed by atoms with E-state index in [1.54, 1.807) is 12.3 Å². The Hall–Kier alpha value is -1.68. The molecule has 4 nitrogen and oxygen atoms in total. The second-order valence-corrected chi connectivity index (χ2v) is 3.01. The van der Waals surface area contributed by atoms with E-state index in [1.165, 1.54) is 0 Å². The number of aromatic nitrogens is 1. The quantitative estimate of drug-likeness (QED) is 0.677. The number of nitrogens with one attached hydrogen (secondary N) is 1. The monoisotopic (exact) mass is 205 g/mol. The van der Waals surface area contributed by atoms with E-state index >= 15 is 0 Å². The Bertz CT molecular complexity index is 322. The highest BCUT2D eigenvalue weighted by atomic mass is 16.1. The zero-order valence-electron chi connectivity index (χ0n) is 8.52. The molecule has 1 aromatic heterocycles. The van der Waals surface area contributed by atoms with Gasteiger partial charge in [-0.1, -0.05) is 18.2 Å². The van der Waals surface area contributed by atoms with Gasteiger partial charge in [0.15, 0.2) is 0 Å². The minimum absolute atomic E-state index is 0.0321. The Morgan fingerprint density at radius 1 is 1.47 bits per heavy atom. The first-order chi connectivity index (χ1) is 7.33. The van der Waals surface area contributed by atoms with Crippen molar-refractivity contribution in [2.75, 3.05) is 13.1 Å². The van der Waals surface area contributed by atoms with Crippen LogP contribution in [-0.2, 0) is 11.2 Å². The van der Waals surface area contributed by atoms with Crippen molar-refractivity contribution in [2.45, 2.75) is 6.42 Å². The zero-order valence-corrected chi connectivity index (χ0v) is 8.52. The lowest BCUT2D eigenvalue weighted by atomic mass is 10.2. The van der Waals surface area contributed by atoms with E-state index in [1.807, 2.05) is 24.3 Å². The number of nitrogens with two attached hydrogens (primary N) is 1. The number of carbonyl (C=O) groups excluding carboxylic acids is 1. The molecule has 1 heterocycles. The maximum absolute atomic E-state index is 11.4. The highest BCUT2D eigenvalue weighted by molar-refractivity contribution is 5.78. The van der Waals surface area contributed by atoms with Crippen LogP contribution in [0.15, 0.2) is 36.5 Å². The molecule has 0 saturated carbocycles. The molecule has 3 N–H and O–H groups in total. The molecule has 80 valence electrons. The molecule has 0 atom stereocenters. The summed E-state index contributed by atoms with van der Waals surface area (Å²) in [6, 6.07) is 5.52. The molecular formula is C11H15N3O. The van der Waals surface area contributed by atoms with Gasteiger partial charge in [0.05, 0.1) is 6.42 Å². The smallest absolute Gasteiger partial charge is 0.226 e. The van der Waals surface area contributed by atoms with E-state index in [0.717, 1.165) is 5.69 Å². The van der Waals surface area contributed by atoms with Gasteiger partial charge in [0.25, 0.3) is 0 Å². The minimum Gasteiger partial charge on any atom is -0.352 e. The third-order valence-corrected chi connectivity index (χ3v) is 1.79. The molecule has 1 aromatic rings. The van der Waals surface area contributed by atoms with Gasteiger partial charge in [-0.3, -0.25) is 9.78 Å². The maximum Gasteiger partial charge on any atom is 0.226 e. The molecule has 0 spiro atoms. The zero-order chi connectivity index (χ0) is 10.9. The van der Waals surface area contributed by atoms with E-state index < -0.39 is 0 Å². The Kier molecular flexibility index (Phi) is 5.11. The summed E-state index contributed by atoms with van der Waals surface area (Å²) in [7, 11) is 0. The number of pyridine rings is 1. The van der Waals surface area contributed by atoms with Crippen LogP contribution in [-0.4, -0.2) is 24.0 Å². The van der Waals surface area contributed by atoms with Crippen LogP contribution in [0.25, 0.3) is 0 Å². The standard InChI is InChI=1S/C11H15N3O/c12-6-2-4-8-14-11(15)9-10-5-1-3-7-13-10/h1-5,7H,6,8-9,12H2,(H,14,15)/b4-2+. The van der Waals surface area contributed by atoms with Gasteiger partial charge in [-0.15, -0.1) is 0 Å². The molecule has 0 fully saturated rings. The topological polar surface area (TPSA) is 68.0 Å². The predicted molar refractivity (Wildman–Crippen MR) is 59.1 cm³/mol. The number of hydrogen-bond acceptors (Lipinski definition) is 3. The van der Waals surface area contributed by atoms with Crippen molar-refractivity contribution in [2.24, 2.45) is 5.73 Å². The molecule has 15 heavy (non-hydrogen) atoms. The summed E-state index contributed by atoms with van der Waals surface area (Å²) in [5, 5.41) is 2.74. The summed E-state index contributed by atoms with van der Waals surface area (Å²) in [4.78, 5) is 15.4. The van der Waals surface area contributed by atoms with Crippen molar-refractivity contribution >= 4 is 5.91 Å². The first kappa shape index (κ1) is 11.4. The van der Waals surface area contributed by atoms with Crippen molar-refractivity contribution in [1.82, 2.24) is 10.3 Å². The predicted octanol–water partition coefficient (Wildman–Crippen LogP) is 0.255. The second kappa shape index (κ2) is 6.73. The molecule has 0 radical (unpaired) electrons. The van der Waals surface area contributed by atoms with Crippen LogP contribution in [0.1, 0.15) is 5.69 Å². The minimum atomic E-state index is -0.0321. The SMILES string of the molecule is NC/C=C/CNC(=O)Cc1ccccn1. The van der Waals surface area contributed by atoms with Crippen LogP contribution in [0.2, 0.25) is 0 Å². The Morgan fingerprint density at radius 2 is 2.33 bits per heavy atom. The first-order valence-corrected chi connectivity index (χ1v) is 4.84. The van der Waals surface area contributed by atoms with Crippen LogP contribution >= 0.6 is 0 Å². The van der Waals surface area contributed by atoms with Crippen molar-refractivity contribution in [3.63, 3.8) is 0 Å². The summed E-state index contributed by atoms with van der Waals surface area (Å²) in [6.07, 6.45) is 5.63. The number of hydrogen-bond donors (Lipinski definition) is 2. The highest BCUT2D eigenvalue weighted by Gasteiger charge is 2.01. The van der Waals surface area contributed by atoms with Gasteiger partial charge in [0.2, 0.25) is 5.91 Å². The van der Waals surface area contributed by atoms with E-state index in [2.05, 4.69) is 10.3 Å². The Balaban J connectivity index is 2.28. The Labute approximate surface area is 89.2 Å². The molecule has 0 bridgehead atoms. The highest BCUT2D eigenvalue weighted by Crippen LogP contribution is 1.93. The average Bonchev–Trinajstić information content (AvgIpc) is 2.26. The number of rotatable bonds is 5. The van der Waals surface area contributed by atoms with E-state index in [-0.39, 0.29) is 5.91 Å². The average molecular weight is 205 g/mol. The molecule has 4 heteroatoms. The van der Waals surface area contributed by atoms with Gasteiger partial charge < -0.3 is 11.1 Å². The lowest BCUT2D eigenvalue weighted by molar-refractivity contribution is -0.120. The molecule has 0 aliphatic rings. The molecule has 0 aromatic carbocycles. The summed E-state index contributed by atoms with van der Waals surface area (Å²) in [5.74, 6) is -0.0321. The summed E-state index contributed by atoms with van der Waals surface area (Å²) >= 11 is 0. The second-order valence-electron chi connectivity index (χ2n) is 3.01. The third-order valence-electron chi connectivity index (χ3n) is 1.79. The molecule has 0 aliphatic carbocycles.